The largest absolute Gasteiger partial charge is 0.491 e. The number of likely N-dealkylation sites (N-methyl/N-ethyl adjacent to an activating group) is 1. The van der Waals surface area contributed by atoms with Crippen molar-refractivity contribution in [2.75, 3.05) is 57.6 Å². The number of nitrogens with zero attached hydrogens (tertiary/aromatic N) is 4. The minimum Gasteiger partial charge on any atom is -0.491 e. The predicted molar refractivity (Wildman–Crippen MR) is 155 cm³/mol. The lowest BCUT2D eigenvalue weighted by Crippen LogP contribution is -2.55. The number of nitrogens with one attached hydrogen (secondary N) is 2. The summed E-state index contributed by atoms with van der Waals surface area (Å²) in [5.41, 5.74) is 1.63. The van der Waals surface area contributed by atoms with E-state index in [9.17, 15) is 14.0 Å². The van der Waals surface area contributed by atoms with E-state index in [1.165, 1.54) is 31.6 Å². The number of fused-ring (bicyclic) bond motifs is 1. The number of anilines is 3. The molecular weight excluding hydrogens is 551 g/mol. The summed E-state index contributed by atoms with van der Waals surface area (Å²) in [6, 6.07) is 7.43. The second-order valence-electron chi connectivity index (χ2n) is 10.3. The molecule has 216 valence electrons. The molecule has 0 bridgehead atoms. The number of carbonyl (C=O) groups excluding carboxylic acids is 2. The number of halogens is 2. The van der Waals surface area contributed by atoms with E-state index in [0.717, 1.165) is 19.4 Å². The minimum atomic E-state index is -0.520. The van der Waals surface area contributed by atoms with Gasteiger partial charge in [-0.3, -0.25) is 14.5 Å². The monoisotopic (exact) mass is 582 g/mol. The fraction of sp³-hybridized carbons (Fsp3) is 0.379. The number of hydrogen-bond donors (Lipinski definition) is 2. The fourth-order valence-corrected chi connectivity index (χ4v) is 4.79. The molecule has 1 aliphatic heterocycles. The van der Waals surface area contributed by atoms with Crippen molar-refractivity contribution in [1.82, 2.24) is 19.8 Å². The molecule has 41 heavy (non-hydrogen) atoms. The fourth-order valence-electron chi connectivity index (χ4n) is 4.61. The average Bonchev–Trinajstić information content (AvgIpc) is 3.79. The van der Waals surface area contributed by atoms with Crippen LogP contribution < -0.4 is 15.4 Å². The molecule has 2 aromatic carbocycles. The second kappa shape index (κ2) is 12.8. The van der Waals surface area contributed by atoms with Gasteiger partial charge >= 0.3 is 5.97 Å². The van der Waals surface area contributed by atoms with Crippen LogP contribution in [-0.2, 0) is 14.3 Å². The highest BCUT2D eigenvalue weighted by Crippen LogP contribution is 2.36. The third kappa shape index (κ3) is 7.29. The van der Waals surface area contributed by atoms with Crippen LogP contribution in [0.15, 0.2) is 48.8 Å². The van der Waals surface area contributed by atoms with E-state index in [2.05, 4.69) is 25.5 Å². The molecule has 3 aromatic rings. The quantitative estimate of drug-likeness (QED) is 0.268. The van der Waals surface area contributed by atoms with Crippen molar-refractivity contribution in [3.63, 3.8) is 0 Å². The molecule has 2 aliphatic rings. The van der Waals surface area contributed by atoms with Crippen LogP contribution >= 0.6 is 11.6 Å². The van der Waals surface area contributed by atoms with Crippen molar-refractivity contribution < 1.29 is 23.5 Å². The van der Waals surface area contributed by atoms with E-state index in [-0.39, 0.29) is 16.9 Å². The molecule has 1 aliphatic carbocycles. The van der Waals surface area contributed by atoms with Gasteiger partial charge in [0.15, 0.2) is 0 Å². The lowest BCUT2D eigenvalue weighted by atomic mass is 10.1. The molecule has 2 heterocycles. The highest BCUT2D eigenvalue weighted by atomic mass is 35.5. The molecule has 10 nitrogen and oxygen atoms in total. The molecule has 0 radical (unpaired) electrons. The van der Waals surface area contributed by atoms with Gasteiger partial charge in [-0.05, 0) is 50.1 Å². The van der Waals surface area contributed by atoms with Crippen LogP contribution in [0.1, 0.15) is 12.8 Å². The number of rotatable bonds is 10. The van der Waals surface area contributed by atoms with Gasteiger partial charge in [-0.25, -0.2) is 14.4 Å². The number of piperazine rings is 1. The Morgan fingerprint density at radius 2 is 2.02 bits per heavy atom. The molecule has 12 heteroatoms. The maximum absolute atomic E-state index is 13.7. The Balaban J connectivity index is 1.35. The number of esters is 1. The summed E-state index contributed by atoms with van der Waals surface area (Å²) in [4.78, 5) is 38.0. The summed E-state index contributed by atoms with van der Waals surface area (Å²) in [6.45, 7) is 3.03. The van der Waals surface area contributed by atoms with Crippen molar-refractivity contribution in [1.29, 1.82) is 0 Å². The van der Waals surface area contributed by atoms with Crippen molar-refractivity contribution in [3.8, 4) is 5.75 Å². The minimum absolute atomic E-state index is 0.0154. The molecule has 1 amide bonds. The number of methoxy groups -OCH3 is 1. The van der Waals surface area contributed by atoms with Crippen LogP contribution in [0.5, 0.6) is 5.75 Å². The Bertz CT molecular complexity index is 1470. The molecule has 1 saturated heterocycles. The number of aromatic nitrogens is 2. The second-order valence-corrected chi connectivity index (χ2v) is 10.7. The van der Waals surface area contributed by atoms with Gasteiger partial charge in [-0.1, -0.05) is 17.7 Å². The van der Waals surface area contributed by atoms with E-state index in [1.54, 1.807) is 24.3 Å². The Hall–Kier alpha value is -3.80. The summed E-state index contributed by atoms with van der Waals surface area (Å²) < 4.78 is 24.7. The summed E-state index contributed by atoms with van der Waals surface area (Å²) in [5.74, 6) is 0.311. The number of hydrogen-bond acceptors (Lipinski definition) is 9. The average molecular weight is 583 g/mol. The predicted octanol–water partition coefficient (Wildman–Crippen LogP) is 4.24. The summed E-state index contributed by atoms with van der Waals surface area (Å²) in [5, 5.41) is 6.69. The normalized spacial score (nSPS) is 18.0. The Morgan fingerprint density at radius 3 is 2.78 bits per heavy atom. The molecule has 1 saturated carbocycles. The third-order valence-electron chi connectivity index (χ3n) is 7.13. The molecular formula is C29H32ClFN6O4. The number of amides is 1. The topological polar surface area (TPSA) is 109 Å². The molecule has 1 aromatic heterocycles. The van der Waals surface area contributed by atoms with E-state index < -0.39 is 11.9 Å². The number of benzene rings is 2. The van der Waals surface area contributed by atoms with Gasteiger partial charge in [0.1, 0.15) is 29.8 Å². The third-order valence-corrected chi connectivity index (χ3v) is 7.41. The molecule has 1 atom stereocenters. The van der Waals surface area contributed by atoms with E-state index in [0.29, 0.717) is 66.0 Å². The van der Waals surface area contributed by atoms with Gasteiger partial charge in [0.05, 0.1) is 29.9 Å². The molecule has 2 fully saturated rings. The van der Waals surface area contributed by atoms with E-state index in [4.69, 9.17) is 21.1 Å². The number of carbonyl (C=O) groups is 2. The van der Waals surface area contributed by atoms with E-state index >= 15 is 0 Å². The van der Waals surface area contributed by atoms with Gasteiger partial charge < -0.3 is 25.0 Å². The summed E-state index contributed by atoms with van der Waals surface area (Å²) in [6.07, 6.45) is 6.83. The van der Waals surface area contributed by atoms with Crippen LogP contribution in [0.2, 0.25) is 5.02 Å². The van der Waals surface area contributed by atoms with Crippen molar-refractivity contribution in [2.24, 2.45) is 5.92 Å². The Labute approximate surface area is 242 Å². The van der Waals surface area contributed by atoms with Gasteiger partial charge in [-0.2, -0.15) is 0 Å². The maximum atomic E-state index is 13.7. The van der Waals surface area contributed by atoms with Gasteiger partial charge in [0, 0.05) is 49.4 Å². The highest BCUT2D eigenvalue weighted by molar-refractivity contribution is 6.31. The van der Waals surface area contributed by atoms with Crippen LogP contribution in [0.3, 0.4) is 0 Å². The maximum Gasteiger partial charge on any atom is 0.324 e. The SMILES string of the molecule is COC(=O)C1CN(C)CCN1C/C=C/C(=O)Nc1cc2c(Nc3ccc(F)c(Cl)c3)ncnc2cc1OCC1CC1. The van der Waals surface area contributed by atoms with Gasteiger partial charge in [0.25, 0.3) is 0 Å². The van der Waals surface area contributed by atoms with Crippen LogP contribution in [0.4, 0.5) is 21.6 Å². The lowest BCUT2D eigenvalue weighted by molar-refractivity contribution is -0.149. The first-order valence-corrected chi connectivity index (χ1v) is 13.8. The zero-order valence-corrected chi connectivity index (χ0v) is 23.7. The van der Waals surface area contributed by atoms with Crippen molar-refractivity contribution in [3.05, 3.63) is 59.7 Å². The first kappa shape index (κ1) is 28.7. The van der Waals surface area contributed by atoms with Crippen LogP contribution in [0, 0.1) is 11.7 Å². The van der Waals surface area contributed by atoms with Crippen molar-refractivity contribution >= 4 is 51.6 Å². The first-order chi connectivity index (χ1) is 19.8. The van der Waals surface area contributed by atoms with E-state index in [1.807, 2.05) is 11.9 Å². The Kier molecular flexibility index (Phi) is 8.96. The van der Waals surface area contributed by atoms with Crippen molar-refractivity contribution in [2.45, 2.75) is 18.9 Å². The summed E-state index contributed by atoms with van der Waals surface area (Å²) in [7, 11) is 3.34. The molecule has 5 rings (SSSR count). The van der Waals surface area contributed by atoms with Gasteiger partial charge in [-0.15, -0.1) is 0 Å². The zero-order chi connectivity index (χ0) is 28.9. The molecule has 0 spiro atoms. The first-order valence-electron chi connectivity index (χ1n) is 13.4. The smallest absolute Gasteiger partial charge is 0.324 e. The van der Waals surface area contributed by atoms with Crippen LogP contribution in [0.25, 0.3) is 10.9 Å². The van der Waals surface area contributed by atoms with Gasteiger partial charge in [0.2, 0.25) is 5.91 Å². The lowest BCUT2D eigenvalue weighted by Gasteiger charge is -2.37. The standard InChI is InChI=1S/C29H32ClFN6O4/c1-36-10-11-37(25(15-36)29(39)40-2)9-3-4-27(38)35-24-13-20-23(14-26(24)41-16-18-5-6-18)32-17-33-28(20)34-19-7-8-22(31)21(30)12-19/h3-4,7-8,12-14,17-18,25H,5-6,9-11,15-16H2,1-2H3,(H,35,38)(H,32,33,34)/b4-3+. The van der Waals surface area contributed by atoms with Crippen LogP contribution in [-0.4, -0.2) is 84.6 Å². The zero-order valence-electron chi connectivity index (χ0n) is 22.9. The summed E-state index contributed by atoms with van der Waals surface area (Å²) >= 11 is 5.95. The molecule has 2 N–H and O–H groups in total. The highest BCUT2D eigenvalue weighted by Gasteiger charge is 2.31. The molecule has 1 unspecified atom stereocenters. The Morgan fingerprint density at radius 1 is 1.20 bits per heavy atom. The number of ether oxygens (including phenoxy) is 2.